The predicted octanol–water partition coefficient (Wildman–Crippen LogP) is 3.22. The third-order valence-electron chi connectivity index (χ3n) is 2.54. The summed E-state index contributed by atoms with van der Waals surface area (Å²) in [5.41, 5.74) is 1.02. The highest BCUT2D eigenvalue weighted by molar-refractivity contribution is 6.31. The minimum Gasteiger partial charge on any atom is -0.392 e. The Bertz CT molecular complexity index is 616. The number of anilines is 1. The molecule has 2 aromatic rings. The highest BCUT2D eigenvalue weighted by Crippen LogP contribution is 2.17. The van der Waals surface area contributed by atoms with E-state index in [1.54, 1.807) is 24.3 Å². The largest absolute Gasteiger partial charge is 0.392 e. The van der Waals surface area contributed by atoms with Gasteiger partial charge in [-0.15, -0.1) is 0 Å². The van der Waals surface area contributed by atoms with Crippen LogP contribution in [0.3, 0.4) is 0 Å². The first-order chi connectivity index (χ1) is 9.10. The minimum absolute atomic E-state index is 0.123. The molecule has 0 aromatic heterocycles. The van der Waals surface area contributed by atoms with Crippen LogP contribution in [0.25, 0.3) is 0 Å². The lowest BCUT2D eigenvalue weighted by molar-refractivity contribution is 0.102. The maximum absolute atomic E-state index is 13.5. The molecule has 0 saturated heterocycles. The van der Waals surface area contributed by atoms with Crippen molar-refractivity contribution >= 4 is 23.2 Å². The van der Waals surface area contributed by atoms with Crippen LogP contribution in [-0.4, -0.2) is 11.0 Å². The normalized spacial score (nSPS) is 10.3. The number of benzene rings is 2. The van der Waals surface area contributed by atoms with Crippen molar-refractivity contribution in [1.29, 1.82) is 0 Å². The first-order valence-electron chi connectivity index (χ1n) is 5.56. The van der Waals surface area contributed by atoms with Crippen LogP contribution in [0.5, 0.6) is 0 Å². The standard InChI is InChI=1S/C14H11ClFNO2/c15-10-4-5-13(16)12(7-10)14(19)17-11-3-1-2-9(6-11)8-18/h1-7,18H,8H2,(H,17,19). The van der Waals surface area contributed by atoms with Gasteiger partial charge in [0.15, 0.2) is 0 Å². The minimum atomic E-state index is -0.639. The van der Waals surface area contributed by atoms with Crippen LogP contribution in [0.4, 0.5) is 10.1 Å². The van der Waals surface area contributed by atoms with Crippen LogP contribution in [0.15, 0.2) is 42.5 Å². The predicted molar refractivity (Wildman–Crippen MR) is 71.7 cm³/mol. The molecule has 0 fully saturated rings. The maximum Gasteiger partial charge on any atom is 0.258 e. The van der Waals surface area contributed by atoms with Crippen molar-refractivity contribution in [1.82, 2.24) is 0 Å². The van der Waals surface area contributed by atoms with E-state index in [1.165, 1.54) is 12.1 Å². The Hall–Kier alpha value is -1.91. The summed E-state index contributed by atoms with van der Waals surface area (Å²) in [6, 6.07) is 10.5. The van der Waals surface area contributed by atoms with Crippen molar-refractivity contribution in [2.45, 2.75) is 6.61 Å². The van der Waals surface area contributed by atoms with Gasteiger partial charge in [-0.1, -0.05) is 23.7 Å². The van der Waals surface area contributed by atoms with E-state index in [-0.39, 0.29) is 17.2 Å². The lowest BCUT2D eigenvalue weighted by Crippen LogP contribution is -2.13. The highest BCUT2D eigenvalue weighted by Gasteiger charge is 2.12. The van der Waals surface area contributed by atoms with Gasteiger partial charge in [0, 0.05) is 10.7 Å². The second kappa shape index (κ2) is 5.82. The van der Waals surface area contributed by atoms with Gasteiger partial charge in [-0.05, 0) is 35.9 Å². The van der Waals surface area contributed by atoms with E-state index in [0.717, 1.165) is 6.07 Å². The van der Waals surface area contributed by atoms with Crippen LogP contribution in [-0.2, 0) is 6.61 Å². The van der Waals surface area contributed by atoms with Crippen LogP contribution in [0.1, 0.15) is 15.9 Å². The summed E-state index contributed by atoms with van der Waals surface area (Å²) in [6.07, 6.45) is 0. The Morgan fingerprint density at radius 3 is 2.79 bits per heavy atom. The molecule has 2 rings (SSSR count). The van der Waals surface area contributed by atoms with Gasteiger partial charge in [-0.25, -0.2) is 4.39 Å². The Kier molecular flexibility index (Phi) is 4.14. The molecular formula is C14H11ClFNO2. The van der Waals surface area contributed by atoms with E-state index in [0.29, 0.717) is 11.3 Å². The summed E-state index contributed by atoms with van der Waals surface area (Å²) in [4.78, 5) is 11.9. The zero-order valence-electron chi connectivity index (χ0n) is 9.86. The molecular weight excluding hydrogens is 269 g/mol. The number of carbonyl (C=O) groups excluding carboxylic acids is 1. The van der Waals surface area contributed by atoms with Crippen molar-refractivity contribution in [3.05, 3.63) is 64.4 Å². The summed E-state index contributed by atoms with van der Waals surface area (Å²) in [7, 11) is 0. The van der Waals surface area contributed by atoms with Gasteiger partial charge >= 0.3 is 0 Å². The van der Waals surface area contributed by atoms with Crippen LogP contribution < -0.4 is 5.32 Å². The number of amides is 1. The second-order valence-electron chi connectivity index (χ2n) is 3.94. The zero-order valence-corrected chi connectivity index (χ0v) is 10.6. The monoisotopic (exact) mass is 279 g/mol. The molecule has 0 atom stereocenters. The van der Waals surface area contributed by atoms with Crippen molar-refractivity contribution in [3.8, 4) is 0 Å². The molecule has 0 radical (unpaired) electrons. The number of aliphatic hydroxyl groups excluding tert-OH is 1. The van der Waals surface area contributed by atoms with Gasteiger partial charge in [0.1, 0.15) is 5.82 Å². The Morgan fingerprint density at radius 1 is 1.26 bits per heavy atom. The van der Waals surface area contributed by atoms with Crippen LogP contribution in [0.2, 0.25) is 5.02 Å². The number of rotatable bonds is 3. The third kappa shape index (κ3) is 3.30. The van der Waals surface area contributed by atoms with E-state index in [4.69, 9.17) is 16.7 Å². The molecule has 98 valence electrons. The van der Waals surface area contributed by atoms with E-state index in [2.05, 4.69) is 5.32 Å². The van der Waals surface area contributed by atoms with Gasteiger partial charge in [0.05, 0.1) is 12.2 Å². The number of halogens is 2. The van der Waals surface area contributed by atoms with E-state index >= 15 is 0 Å². The zero-order chi connectivity index (χ0) is 13.8. The van der Waals surface area contributed by atoms with E-state index in [1.807, 2.05) is 0 Å². The number of carbonyl (C=O) groups is 1. The summed E-state index contributed by atoms with van der Waals surface area (Å²) in [5.74, 6) is -1.23. The average molecular weight is 280 g/mol. The van der Waals surface area contributed by atoms with Gasteiger partial charge in [-0.3, -0.25) is 4.79 Å². The van der Waals surface area contributed by atoms with Crippen molar-refractivity contribution in [2.75, 3.05) is 5.32 Å². The Balaban J connectivity index is 2.23. The summed E-state index contributed by atoms with van der Waals surface area (Å²) in [6.45, 7) is -0.130. The maximum atomic E-state index is 13.5. The Morgan fingerprint density at radius 2 is 2.05 bits per heavy atom. The number of aliphatic hydroxyl groups is 1. The average Bonchev–Trinajstić information content (AvgIpc) is 2.41. The van der Waals surface area contributed by atoms with Gasteiger partial charge in [-0.2, -0.15) is 0 Å². The highest BCUT2D eigenvalue weighted by atomic mass is 35.5. The molecule has 3 nitrogen and oxygen atoms in total. The quantitative estimate of drug-likeness (QED) is 0.906. The fraction of sp³-hybridized carbons (Fsp3) is 0.0714. The fourth-order valence-electron chi connectivity index (χ4n) is 1.62. The molecule has 0 heterocycles. The van der Waals surface area contributed by atoms with Gasteiger partial charge in [0.2, 0.25) is 0 Å². The van der Waals surface area contributed by atoms with Gasteiger partial charge in [0.25, 0.3) is 5.91 Å². The summed E-state index contributed by atoms with van der Waals surface area (Å²) >= 11 is 5.73. The molecule has 1 amide bonds. The van der Waals surface area contributed by atoms with Crippen LogP contribution in [0, 0.1) is 5.82 Å². The Labute approximate surface area is 114 Å². The molecule has 0 unspecified atom stereocenters. The van der Waals surface area contributed by atoms with Crippen LogP contribution >= 0.6 is 11.6 Å². The molecule has 2 N–H and O–H groups in total. The number of nitrogens with one attached hydrogen (secondary N) is 1. The number of hydrogen-bond donors (Lipinski definition) is 2. The summed E-state index contributed by atoms with van der Waals surface area (Å²) < 4.78 is 13.5. The topological polar surface area (TPSA) is 49.3 Å². The molecule has 0 spiro atoms. The molecule has 0 aliphatic heterocycles. The van der Waals surface area contributed by atoms with Crippen molar-refractivity contribution in [3.63, 3.8) is 0 Å². The fourth-order valence-corrected chi connectivity index (χ4v) is 1.79. The molecule has 2 aromatic carbocycles. The van der Waals surface area contributed by atoms with Gasteiger partial charge < -0.3 is 10.4 Å². The first kappa shape index (κ1) is 13.5. The SMILES string of the molecule is O=C(Nc1cccc(CO)c1)c1cc(Cl)ccc1F. The molecule has 0 aliphatic rings. The first-order valence-corrected chi connectivity index (χ1v) is 5.94. The lowest BCUT2D eigenvalue weighted by Gasteiger charge is -2.07. The number of hydrogen-bond acceptors (Lipinski definition) is 2. The third-order valence-corrected chi connectivity index (χ3v) is 2.78. The molecule has 5 heteroatoms. The molecule has 19 heavy (non-hydrogen) atoms. The smallest absolute Gasteiger partial charge is 0.258 e. The molecule has 0 bridgehead atoms. The van der Waals surface area contributed by atoms with E-state index in [9.17, 15) is 9.18 Å². The lowest BCUT2D eigenvalue weighted by atomic mass is 10.1. The van der Waals surface area contributed by atoms with E-state index < -0.39 is 11.7 Å². The summed E-state index contributed by atoms with van der Waals surface area (Å²) in [5, 5.41) is 11.8. The van der Waals surface area contributed by atoms with Crippen molar-refractivity contribution < 1.29 is 14.3 Å². The second-order valence-corrected chi connectivity index (χ2v) is 4.37. The molecule has 0 saturated carbocycles. The van der Waals surface area contributed by atoms with Crippen molar-refractivity contribution in [2.24, 2.45) is 0 Å². The molecule has 0 aliphatic carbocycles.